The van der Waals surface area contributed by atoms with Crippen molar-refractivity contribution in [3.8, 4) is 0 Å². The van der Waals surface area contributed by atoms with Gasteiger partial charge in [0.05, 0.1) is 13.2 Å². The summed E-state index contributed by atoms with van der Waals surface area (Å²) < 4.78 is 4.96. The molecule has 1 aliphatic carbocycles. The van der Waals surface area contributed by atoms with Crippen molar-refractivity contribution < 1.29 is 4.74 Å². The zero-order valence-electron chi connectivity index (χ0n) is 16.9. The fourth-order valence-corrected chi connectivity index (χ4v) is 3.08. The number of allylic oxidation sites excluding steroid dienone is 10. The van der Waals surface area contributed by atoms with Crippen LogP contribution in [0.25, 0.3) is 0 Å². The number of hydrogen-bond acceptors (Lipinski definition) is 2. The van der Waals surface area contributed by atoms with Crippen LogP contribution in [0.3, 0.4) is 0 Å². The molecule has 0 amide bonds. The molecule has 0 saturated heterocycles. The smallest absolute Gasteiger partial charge is 0.0658 e. The highest BCUT2D eigenvalue weighted by molar-refractivity contribution is 5.72. The summed E-state index contributed by atoms with van der Waals surface area (Å²) in [7, 11) is 1.69. The molecule has 0 saturated carbocycles. The lowest BCUT2D eigenvalue weighted by Crippen LogP contribution is -2.19. The van der Waals surface area contributed by atoms with Gasteiger partial charge in [-0.05, 0) is 62.7 Å². The molecule has 0 heterocycles. The van der Waals surface area contributed by atoms with Crippen LogP contribution in [0.15, 0.2) is 63.7 Å². The van der Waals surface area contributed by atoms with Gasteiger partial charge < -0.3 is 4.74 Å². The Labute approximate surface area is 154 Å². The van der Waals surface area contributed by atoms with E-state index in [-0.39, 0.29) is 0 Å². The van der Waals surface area contributed by atoms with Crippen molar-refractivity contribution in [1.82, 2.24) is 0 Å². The van der Waals surface area contributed by atoms with E-state index in [0.29, 0.717) is 18.6 Å². The summed E-state index contributed by atoms with van der Waals surface area (Å²) in [6.07, 6.45) is 18.6. The third-order valence-electron chi connectivity index (χ3n) is 4.64. The topological polar surface area (TPSA) is 21.6 Å². The van der Waals surface area contributed by atoms with Crippen molar-refractivity contribution in [3.05, 3.63) is 58.7 Å². The average molecular weight is 342 g/mol. The molecule has 0 aromatic rings. The van der Waals surface area contributed by atoms with Crippen LogP contribution >= 0.6 is 0 Å². The summed E-state index contributed by atoms with van der Waals surface area (Å²) in [6.45, 7) is 12.6. The van der Waals surface area contributed by atoms with E-state index in [1.54, 1.807) is 12.7 Å². The maximum atomic E-state index is 4.96. The summed E-state index contributed by atoms with van der Waals surface area (Å²) in [5.74, 6) is 0. The summed E-state index contributed by atoms with van der Waals surface area (Å²) >= 11 is 0. The van der Waals surface area contributed by atoms with Crippen molar-refractivity contribution in [1.29, 1.82) is 0 Å². The van der Waals surface area contributed by atoms with Gasteiger partial charge in [-0.25, -0.2) is 0 Å². The molecular formula is C23H35NO. The molecular weight excluding hydrogens is 306 g/mol. The predicted molar refractivity (Wildman–Crippen MR) is 111 cm³/mol. The van der Waals surface area contributed by atoms with Gasteiger partial charge in [-0.15, -0.1) is 0 Å². The second kappa shape index (κ2) is 11.0. The number of aliphatic imine (C=N–C) groups is 1. The first-order valence-corrected chi connectivity index (χ1v) is 9.26. The van der Waals surface area contributed by atoms with Crippen LogP contribution in [-0.4, -0.2) is 26.5 Å². The number of methoxy groups -OCH3 is 1. The molecule has 0 N–H and O–H groups in total. The monoisotopic (exact) mass is 341 g/mol. The maximum absolute atomic E-state index is 4.96. The summed E-state index contributed by atoms with van der Waals surface area (Å²) in [6, 6.07) is 0. The zero-order valence-corrected chi connectivity index (χ0v) is 16.9. The SMILES string of the molecule is COCC/N=C/C=C(C)/C=C/C=C(C)/C=C/C1=C(C)CCCC1(C)C. The molecule has 0 unspecified atom stereocenters. The molecule has 25 heavy (non-hydrogen) atoms. The standard InChI is InChI=1S/C23H35NO/c1-19(9-7-10-20(2)14-16-24-17-18-25-6)12-13-22-21(3)11-8-15-23(22,4)5/h7,9-10,12-14,16H,8,11,15,17-18H2,1-6H3/b10-7+,13-12+,19-9+,20-14+,24-16+. The van der Waals surface area contributed by atoms with E-state index in [4.69, 9.17) is 4.74 Å². The highest BCUT2D eigenvalue weighted by Crippen LogP contribution is 2.40. The Morgan fingerprint density at radius 1 is 1.16 bits per heavy atom. The van der Waals surface area contributed by atoms with Gasteiger partial charge in [0.1, 0.15) is 0 Å². The molecule has 0 fully saturated rings. The average Bonchev–Trinajstić information content (AvgIpc) is 2.53. The van der Waals surface area contributed by atoms with Crippen LogP contribution in [0, 0.1) is 5.41 Å². The van der Waals surface area contributed by atoms with Crippen LogP contribution in [0.4, 0.5) is 0 Å². The van der Waals surface area contributed by atoms with Gasteiger partial charge >= 0.3 is 0 Å². The van der Waals surface area contributed by atoms with Crippen molar-refractivity contribution in [2.75, 3.05) is 20.3 Å². The first-order chi connectivity index (χ1) is 11.9. The fraction of sp³-hybridized carbons (Fsp3) is 0.522. The molecule has 2 heteroatoms. The second-order valence-corrected chi connectivity index (χ2v) is 7.49. The molecule has 1 aliphatic rings. The zero-order chi connectivity index (χ0) is 18.7. The number of hydrogen-bond donors (Lipinski definition) is 0. The fourth-order valence-electron chi connectivity index (χ4n) is 3.08. The van der Waals surface area contributed by atoms with Gasteiger partial charge in [0.2, 0.25) is 0 Å². The van der Waals surface area contributed by atoms with E-state index in [1.807, 2.05) is 12.3 Å². The van der Waals surface area contributed by atoms with Crippen LogP contribution < -0.4 is 0 Å². The maximum Gasteiger partial charge on any atom is 0.0658 e. The number of rotatable bonds is 8. The van der Waals surface area contributed by atoms with Crippen molar-refractivity contribution in [2.45, 2.75) is 53.9 Å². The third kappa shape index (κ3) is 8.31. The Morgan fingerprint density at radius 2 is 1.88 bits per heavy atom. The molecule has 0 bridgehead atoms. The molecule has 0 aliphatic heterocycles. The molecule has 0 radical (unpaired) electrons. The Hall–Kier alpha value is -1.67. The molecule has 138 valence electrons. The first kappa shape index (κ1) is 21.4. The van der Waals surface area contributed by atoms with Crippen molar-refractivity contribution in [3.63, 3.8) is 0 Å². The highest BCUT2D eigenvalue weighted by Gasteiger charge is 2.26. The Morgan fingerprint density at radius 3 is 2.56 bits per heavy atom. The summed E-state index contributed by atoms with van der Waals surface area (Å²) in [4.78, 5) is 4.25. The van der Waals surface area contributed by atoms with Crippen LogP contribution in [0.2, 0.25) is 0 Å². The quantitative estimate of drug-likeness (QED) is 0.291. The van der Waals surface area contributed by atoms with Gasteiger partial charge in [0, 0.05) is 13.3 Å². The van der Waals surface area contributed by atoms with Crippen molar-refractivity contribution in [2.24, 2.45) is 10.4 Å². The lowest BCUT2D eigenvalue weighted by atomic mass is 9.72. The Balaban J connectivity index is 2.63. The minimum absolute atomic E-state index is 0.302. The van der Waals surface area contributed by atoms with E-state index in [2.05, 4.69) is 70.0 Å². The van der Waals surface area contributed by atoms with Gasteiger partial charge in [-0.2, -0.15) is 0 Å². The minimum atomic E-state index is 0.302. The first-order valence-electron chi connectivity index (χ1n) is 9.26. The van der Waals surface area contributed by atoms with Crippen LogP contribution in [0.1, 0.15) is 53.9 Å². The molecule has 0 aromatic heterocycles. The molecule has 1 rings (SSSR count). The second-order valence-electron chi connectivity index (χ2n) is 7.49. The van der Waals surface area contributed by atoms with E-state index >= 15 is 0 Å². The third-order valence-corrected chi connectivity index (χ3v) is 4.64. The normalized spacial score (nSPS) is 19.8. The van der Waals surface area contributed by atoms with Gasteiger partial charge in [0.25, 0.3) is 0 Å². The van der Waals surface area contributed by atoms with Crippen LogP contribution in [-0.2, 0) is 4.74 Å². The number of ether oxygens (including phenoxy) is 1. The highest BCUT2D eigenvalue weighted by atomic mass is 16.5. The molecule has 0 spiro atoms. The summed E-state index contributed by atoms with van der Waals surface area (Å²) in [5, 5.41) is 0. The lowest BCUT2D eigenvalue weighted by molar-refractivity contribution is 0.208. The van der Waals surface area contributed by atoms with Gasteiger partial charge in [0.15, 0.2) is 0 Å². The van der Waals surface area contributed by atoms with Gasteiger partial charge in [-0.3, -0.25) is 4.99 Å². The molecule has 0 aromatic carbocycles. The Kier molecular flexibility index (Phi) is 9.44. The van der Waals surface area contributed by atoms with E-state index in [0.717, 1.165) is 0 Å². The van der Waals surface area contributed by atoms with E-state index in [9.17, 15) is 0 Å². The summed E-state index contributed by atoms with van der Waals surface area (Å²) in [5.41, 5.74) is 5.80. The largest absolute Gasteiger partial charge is 0.383 e. The van der Waals surface area contributed by atoms with Gasteiger partial charge in [-0.1, -0.05) is 55.4 Å². The van der Waals surface area contributed by atoms with E-state index < -0.39 is 0 Å². The number of nitrogens with zero attached hydrogens (tertiary/aromatic N) is 1. The predicted octanol–water partition coefficient (Wildman–Crippen LogP) is 6.24. The molecule has 2 nitrogen and oxygen atoms in total. The molecule has 0 atom stereocenters. The van der Waals surface area contributed by atoms with E-state index in [1.165, 1.54) is 36.0 Å². The Bertz CT molecular complexity index is 598. The van der Waals surface area contributed by atoms with Crippen molar-refractivity contribution >= 4 is 6.21 Å². The van der Waals surface area contributed by atoms with Crippen LogP contribution in [0.5, 0.6) is 0 Å². The minimum Gasteiger partial charge on any atom is -0.383 e. The lowest BCUT2D eigenvalue weighted by Gasteiger charge is -2.32.